The van der Waals surface area contributed by atoms with Gasteiger partial charge in [0.25, 0.3) is 0 Å². The normalized spacial score (nSPS) is 12.1. The topological polar surface area (TPSA) is 41.1 Å². The van der Waals surface area contributed by atoms with E-state index in [4.69, 9.17) is 0 Å². The maximum absolute atomic E-state index is 11.9. The second kappa shape index (κ2) is 7.22. The van der Waals surface area contributed by atoms with Gasteiger partial charge in [0.05, 0.1) is 0 Å². The number of carbonyl (C=O) groups is 1. The van der Waals surface area contributed by atoms with Gasteiger partial charge in [-0.15, -0.1) is 11.3 Å². The van der Waals surface area contributed by atoms with Crippen molar-refractivity contribution in [2.45, 2.75) is 32.9 Å². The molecule has 1 aromatic carbocycles. The summed E-state index contributed by atoms with van der Waals surface area (Å²) in [6.45, 7) is 4.95. The fourth-order valence-electron chi connectivity index (χ4n) is 1.94. The van der Waals surface area contributed by atoms with Gasteiger partial charge in [-0.25, -0.2) is 0 Å². The second-order valence-corrected chi connectivity index (χ2v) is 6.29. The lowest BCUT2D eigenvalue weighted by molar-refractivity contribution is -0.116. The lowest BCUT2D eigenvalue weighted by Crippen LogP contribution is -2.30. The van der Waals surface area contributed by atoms with Crippen molar-refractivity contribution >= 4 is 22.9 Å². The van der Waals surface area contributed by atoms with Gasteiger partial charge >= 0.3 is 0 Å². The Morgan fingerprint density at radius 1 is 1.20 bits per heavy atom. The summed E-state index contributed by atoms with van der Waals surface area (Å²) >= 11 is 1.79. The van der Waals surface area contributed by atoms with Crippen molar-refractivity contribution in [1.29, 1.82) is 0 Å². The summed E-state index contributed by atoms with van der Waals surface area (Å²) in [4.78, 5) is 14.5. The average Bonchev–Trinajstić information content (AvgIpc) is 2.83. The maximum Gasteiger partial charge on any atom is 0.225 e. The van der Waals surface area contributed by atoms with E-state index in [0.29, 0.717) is 6.42 Å². The van der Waals surface area contributed by atoms with Crippen LogP contribution in [0.3, 0.4) is 0 Å². The van der Waals surface area contributed by atoms with E-state index in [2.05, 4.69) is 29.7 Å². The molecule has 0 radical (unpaired) electrons. The van der Waals surface area contributed by atoms with Crippen LogP contribution in [0.5, 0.6) is 0 Å². The van der Waals surface area contributed by atoms with Gasteiger partial charge in [0.1, 0.15) is 0 Å². The molecule has 1 aromatic heterocycles. The Bertz CT molecular complexity index is 551. The number of rotatable bonds is 6. The first-order valence-corrected chi connectivity index (χ1v) is 7.59. The lowest BCUT2D eigenvalue weighted by atomic mass is 10.2. The van der Waals surface area contributed by atoms with Crippen molar-refractivity contribution in [3.8, 4) is 0 Å². The summed E-state index contributed by atoms with van der Waals surface area (Å²) in [5.74, 6) is 0.0403. The van der Waals surface area contributed by atoms with Crippen LogP contribution in [0.15, 0.2) is 42.5 Å². The van der Waals surface area contributed by atoms with Crippen LogP contribution in [0.25, 0.3) is 0 Å². The first-order valence-electron chi connectivity index (χ1n) is 6.77. The number of hydrogen-bond acceptors (Lipinski definition) is 3. The van der Waals surface area contributed by atoms with E-state index < -0.39 is 0 Å². The molecule has 1 amide bonds. The number of anilines is 1. The van der Waals surface area contributed by atoms with E-state index in [1.54, 1.807) is 11.3 Å². The van der Waals surface area contributed by atoms with Crippen LogP contribution < -0.4 is 10.6 Å². The summed E-state index contributed by atoms with van der Waals surface area (Å²) in [5, 5.41) is 6.28. The molecule has 0 saturated carbocycles. The fraction of sp³-hybridized carbons (Fsp3) is 0.312. The number of nitrogens with one attached hydrogen (secondary N) is 2. The molecule has 0 spiro atoms. The molecule has 1 atom stereocenters. The van der Waals surface area contributed by atoms with Gasteiger partial charge in [-0.1, -0.05) is 18.2 Å². The summed E-state index contributed by atoms with van der Waals surface area (Å²) in [7, 11) is 0. The van der Waals surface area contributed by atoms with E-state index in [-0.39, 0.29) is 11.9 Å². The van der Waals surface area contributed by atoms with Gasteiger partial charge in [-0.2, -0.15) is 0 Å². The molecule has 2 N–H and O–H groups in total. The SMILES string of the molecule is Cc1ccc(CNC(C)CC(=O)Nc2ccccc2)s1. The molecular weight excluding hydrogens is 268 g/mol. The Balaban J connectivity index is 1.73. The van der Waals surface area contributed by atoms with Crippen molar-refractivity contribution in [1.82, 2.24) is 5.32 Å². The third-order valence-electron chi connectivity index (χ3n) is 2.97. The molecule has 0 aliphatic heterocycles. The standard InChI is InChI=1S/C16H20N2OS/c1-12(17-11-15-9-8-13(2)20-15)10-16(19)18-14-6-4-3-5-7-14/h3-9,12,17H,10-11H2,1-2H3,(H,18,19). The van der Waals surface area contributed by atoms with Crippen LogP contribution in [0.1, 0.15) is 23.1 Å². The first-order chi connectivity index (χ1) is 9.63. The second-order valence-electron chi connectivity index (χ2n) is 4.91. The van der Waals surface area contributed by atoms with E-state index in [1.807, 2.05) is 37.3 Å². The third-order valence-corrected chi connectivity index (χ3v) is 3.97. The minimum atomic E-state index is 0.0403. The molecule has 0 saturated heterocycles. The molecule has 0 aliphatic rings. The highest BCUT2D eigenvalue weighted by molar-refractivity contribution is 7.11. The van der Waals surface area contributed by atoms with Crippen LogP contribution >= 0.6 is 11.3 Å². The third kappa shape index (κ3) is 4.79. The number of thiophene rings is 1. The molecule has 0 fully saturated rings. The van der Waals surface area contributed by atoms with Crippen LogP contribution in [-0.4, -0.2) is 11.9 Å². The maximum atomic E-state index is 11.9. The van der Waals surface area contributed by atoms with Crippen molar-refractivity contribution < 1.29 is 4.79 Å². The minimum Gasteiger partial charge on any atom is -0.326 e. The van der Waals surface area contributed by atoms with Crippen LogP contribution in [-0.2, 0) is 11.3 Å². The predicted octanol–water partition coefficient (Wildman–Crippen LogP) is 3.56. The zero-order valence-electron chi connectivity index (χ0n) is 11.8. The number of aryl methyl sites for hydroxylation is 1. The quantitative estimate of drug-likeness (QED) is 0.853. The fourth-order valence-corrected chi connectivity index (χ4v) is 2.78. The first kappa shape index (κ1) is 14.8. The molecule has 4 heteroatoms. The van der Waals surface area contributed by atoms with Crippen LogP contribution in [0.2, 0.25) is 0 Å². The summed E-state index contributed by atoms with van der Waals surface area (Å²) in [5.41, 5.74) is 0.846. The molecule has 0 aliphatic carbocycles. The van der Waals surface area contributed by atoms with Crippen molar-refractivity contribution in [3.63, 3.8) is 0 Å². The molecule has 2 aromatic rings. The Labute approximate surface area is 124 Å². The zero-order valence-corrected chi connectivity index (χ0v) is 12.7. The van der Waals surface area contributed by atoms with Gasteiger partial charge in [0.2, 0.25) is 5.91 Å². The highest BCUT2D eigenvalue weighted by atomic mass is 32.1. The van der Waals surface area contributed by atoms with E-state index >= 15 is 0 Å². The highest BCUT2D eigenvalue weighted by Gasteiger charge is 2.09. The lowest BCUT2D eigenvalue weighted by Gasteiger charge is -2.13. The average molecular weight is 288 g/mol. The smallest absolute Gasteiger partial charge is 0.225 e. The Kier molecular flexibility index (Phi) is 5.32. The summed E-state index contributed by atoms with van der Waals surface area (Å²) in [6.07, 6.45) is 0.471. The van der Waals surface area contributed by atoms with Crippen molar-refractivity contribution in [2.24, 2.45) is 0 Å². The number of benzene rings is 1. The molecule has 2 rings (SSSR count). The van der Waals surface area contributed by atoms with E-state index in [9.17, 15) is 4.79 Å². The number of hydrogen-bond donors (Lipinski definition) is 2. The minimum absolute atomic E-state index is 0.0403. The number of carbonyl (C=O) groups excluding carboxylic acids is 1. The summed E-state index contributed by atoms with van der Waals surface area (Å²) < 4.78 is 0. The Hall–Kier alpha value is -1.65. The van der Waals surface area contributed by atoms with Gasteiger partial charge in [0, 0.05) is 34.4 Å². The van der Waals surface area contributed by atoms with Gasteiger partial charge in [0.15, 0.2) is 0 Å². The van der Waals surface area contributed by atoms with E-state index in [0.717, 1.165) is 12.2 Å². The van der Waals surface area contributed by atoms with E-state index in [1.165, 1.54) is 9.75 Å². The van der Waals surface area contributed by atoms with Gasteiger partial charge in [-0.05, 0) is 38.1 Å². The predicted molar refractivity (Wildman–Crippen MR) is 85.0 cm³/mol. The van der Waals surface area contributed by atoms with Crippen LogP contribution in [0, 0.1) is 6.92 Å². The van der Waals surface area contributed by atoms with Gasteiger partial charge in [-0.3, -0.25) is 4.79 Å². The number of amides is 1. The summed E-state index contributed by atoms with van der Waals surface area (Å²) in [6, 6.07) is 13.9. The molecule has 106 valence electrons. The molecule has 1 heterocycles. The van der Waals surface area contributed by atoms with Crippen molar-refractivity contribution in [2.75, 3.05) is 5.32 Å². The number of para-hydroxylation sites is 1. The molecule has 0 bridgehead atoms. The Morgan fingerprint density at radius 3 is 2.60 bits per heavy atom. The van der Waals surface area contributed by atoms with Crippen molar-refractivity contribution in [3.05, 3.63) is 52.2 Å². The Morgan fingerprint density at radius 2 is 1.95 bits per heavy atom. The molecular formula is C16H20N2OS. The highest BCUT2D eigenvalue weighted by Crippen LogP contribution is 2.15. The molecule has 3 nitrogen and oxygen atoms in total. The largest absolute Gasteiger partial charge is 0.326 e. The monoisotopic (exact) mass is 288 g/mol. The zero-order chi connectivity index (χ0) is 14.4. The van der Waals surface area contributed by atoms with Crippen LogP contribution in [0.4, 0.5) is 5.69 Å². The molecule has 1 unspecified atom stereocenters. The molecule has 20 heavy (non-hydrogen) atoms. The van der Waals surface area contributed by atoms with Gasteiger partial charge < -0.3 is 10.6 Å².